The number of methoxy groups -OCH3 is 2. The molecule has 3 saturated carbocycles. The monoisotopic (exact) mass is 560 g/mol. The maximum absolute atomic E-state index is 14.2. The highest BCUT2D eigenvalue weighted by Gasteiger charge is 2.66. The van der Waals surface area contributed by atoms with Gasteiger partial charge in [-0.05, 0) is 69.6 Å². The van der Waals surface area contributed by atoms with Gasteiger partial charge in [-0.3, -0.25) is 9.59 Å². The summed E-state index contributed by atoms with van der Waals surface area (Å²) in [6, 6.07) is 1.08. The third kappa shape index (κ3) is 5.35. The Kier molecular flexibility index (Phi) is 9.07. The molecule has 0 bridgehead atoms. The normalized spacial score (nSPS) is 42.1. The third-order valence-electron chi connectivity index (χ3n) is 12.0. The fourth-order valence-electron chi connectivity index (χ4n) is 10.2. The Morgan fingerprint density at radius 3 is 2.60 bits per heavy atom. The molecule has 3 heterocycles. The van der Waals surface area contributed by atoms with Crippen LogP contribution < -0.4 is 10.6 Å². The first-order valence-electron chi connectivity index (χ1n) is 16.7. The lowest BCUT2D eigenvalue weighted by atomic mass is 9.64. The summed E-state index contributed by atoms with van der Waals surface area (Å²) < 4.78 is 18.2. The number of nitrogens with two attached hydrogens (primary N) is 1. The van der Waals surface area contributed by atoms with E-state index in [4.69, 9.17) is 14.2 Å². The van der Waals surface area contributed by atoms with Gasteiger partial charge in [-0.15, -0.1) is 0 Å². The Morgan fingerprint density at radius 1 is 1.00 bits per heavy atom. The van der Waals surface area contributed by atoms with Crippen molar-refractivity contribution < 1.29 is 29.1 Å². The van der Waals surface area contributed by atoms with Crippen molar-refractivity contribution in [3.05, 3.63) is 0 Å². The van der Waals surface area contributed by atoms with Gasteiger partial charge in [-0.2, -0.15) is 0 Å². The van der Waals surface area contributed by atoms with Crippen LogP contribution in [0.3, 0.4) is 0 Å². The first-order valence-corrected chi connectivity index (χ1v) is 16.7. The van der Waals surface area contributed by atoms with Crippen LogP contribution in [0.2, 0.25) is 0 Å². The summed E-state index contributed by atoms with van der Waals surface area (Å²) in [5.41, 5.74) is 0. The number of carbonyl (C=O) groups excluding carboxylic acids is 2. The molecule has 6 rings (SSSR count). The molecule has 3 saturated heterocycles. The van der Waals surface area contributed by atoms with Crippen molar-refractivity contribution in [3.63, 3.8) is 0 Å². The minimum absolute atomic E-state index is 0.00596. The molecule has 3 aliphatic carbocycles. The second-order valence-corrected chi connectivity index (χ2v) is 13.9. The summed E-state index contributed by atoms with van der Waals surface area (Å²) in [7, 11) is 3.50. The number of piperidine rings is 2. The predicted octanol–water partition coefficient (Wildman–Crippen LogP) is 2.64. The number of nitrogens with one attached hydrogen (secondary N) is 1. The van der Waals surface area contributed by atoms with Crippen molar-refractivity contribution in [1.29, 1.82) is 0 Å². The molecule has 0 radical (unpaired) electrons. The van der Waals surface area contributed by atoms with Crippen molar-refractivity contribution in [3.8, 4) is 0 Å². The van der Waals surface area contributed by atoms with Gasteiger partial charge in [0.05, 0.1) is 36.8 Å². The number of hydrogen-bond acceptors (Lipinski definition) is 5. The first kappa shape index (κ1) is 28.9. The summed E-state index contributed by atoms with van der Waals surface area (Å²) in [5.74, 6) is 2.47. The van der Waals surface area contributed by atoms with E-state index in [1.807, 2.05) is 6.92 Å². The smallest absolute Gasteiger partial charge is 0.248 e. The minimum atomic E-state index is -0.425. The average molecular weight is 561 g/mol. The molecule has 11 atom stereocenters. The van der Waals surface area contributed by atoms with Gasteiger partial charge in [0.2, 0.25) is 11.8 Å². The molecule has 0 aromatic carbocycles. The molecule has 3 N–H and O–H groups in total. The number of carbonyl (C=O) groups is 2. The highest BCUT2D eigenvalue weighted by molar-refractivity contribution is 5.82. The number of nitrogens with zero attached hydrogens (tertiary/aromatic N) is 1. The van der Waals surface area contributed by atoms with E-state index in [9.17, 15) is 9.59 Å². The Bertz CT molecular complexity index is 896. The lowest BCUT2D eigenvalue weighted by molar-refractivity contribution is -0.713. The lowest BCUT2D eigenvalue weighted by Crippen LogP contribution is -2.99. The third-order valence-corrected chi connectivity index (χ3v) is 12.0. The first-order chi connectivity index (χ1) is 19.5. The summed E-state index contributed by atoms with van der Waals surface area (Å²) >= 11 is 0. The second-order valence-electron chi connectivity index (χ2n) is 13.9. The van der Waals surface area contributed by atoms with E-state index in [1.165, 1.54) is 44.9 Å². The summed E-state index contributed by atoms with van der Waals surface area (Å²) in [6.07, 6.45) is 14.7. The predicted molar refractivity (Wildman–Crippen MR) is 151 cm³/mol. The van der Waals surface area contributed by atoms with Crippen LogP contribution in [-0.2, 0) is 23.8 Å². The highest BCUT2D eigenvalue weighted by atomic mass is 16.5. The zero-order valence-corrected chi connectivity index (χ0v) is 25.1. The molecule has 6 fully saturated rings. The molecule has 40 heavy (non-hydrogen) atoms. The van der Waals surface area contributed by atoms with Gasteiger partial charge in [0, 0.05) is 39.1 Å². The molecule has 0 aromatic rings. The fourth-order valence-corrected chi connectivity index (χ4v) is 10.2. The van der Waals surface area contributed by atoms with Crippen molar-refractivity contribution in [2.45, 2.75) is 133 Å². The van der Waals surface area contributed by atoms with Crippen LogP contribution in [0.25, 0.3) is 0 Å². The van der Waals surface area contributed by atoms with E-state index < -0.39 is 6.10 Å². The Morgan fingerprint density at radius 2 is 1.82 bits per heavy atom. The maximum Gasteiger partial charge on any atom is 0.248 e. The van der Waals surface area contributed by atoms with Gasteiger partial charge in [-0.25, -0.2) is 0 Å². The van der Waals surface area contributed by atoms with Crippen LogP contribution in [0.1, 0.15) is 90.4 Å². The topological polar surface area (TPSA) is 93.7 Å². The molecule has 6 aliphatic rings. The van der Waals surface area contributed by atoms with Crippen molar-refractivity contribution in [2.75, 3.05) is 27.3 Å². The SMILES string of the molecule is COC1CCC2C3[NH2+]CCC4C5CC(O[C@H](C)C(=O)NCCCC6CCCCC6)CCC5N(C(=O)C2C1OC)C43. The van der Waals surface area contributed by atoms with E-state index in [0.717, 1.165) is 57.5 Å². The van der Waals surface area contributed by atoms with E-state index in [0.29, 0.717) is 41.8 Å². The zero-order valence-electron chi connectivity index (χ0n) is 25.1. The van der Waals surface area contributed by atoms with Crippen LogP contribution in [0.4, 0.5) is 0 Å². The number of amides is 2. The van der Waals surface area contributed by atoms with Crippen LogP contribution in [0.5, 0.6) is 0 Å². The van der Waals surface area contributed by atoms with Crippen LogP contribution >= 0.6 is 0 Å². The number of quaternary nitrogens is 1. The van der Waals surface area contributed by atoms with Gasteiger partial charge in [0.25, 0.3) is 0 Å². The van der Waals surface area contributed by atoms with Crippen LogP contribution in [0.15, 0.2) is 0 Å². The van der Waals surface area contributed by atoms with Gasteiger partial charge in [0.15, 0.2) is 0 Å². The standard InChI is InChI=1S/C32H53N3O5/c1-19(31(36)34-16-7-10-20-8-5-4-6-9-20)40-21-11-13-25-24(18-21)22-15-17-33-28-23-12-14-26(38-2)30(39-3)27(23)32(37)35(25)29(22)28/h19-30,33H,4-18H2,1-3H3,(H,34,36)/p+1/t19-,21?,22?,23?,24?,25?,26?,27?,28?,29?,30?/m1/s1. The van der Waals surface area contributed by atoms with Crippen molar-refractivity contribution in [1.82, 2.24) is 10.2 Å². The Balaban J connectivity index is 1.06. The quantitative estimate of drug-likeness (QED) is 0.423. The largest absolute Gasteiger partial charge is 0.379 e. The van der Waals surface area contributed by atoms with Crippen molar-refractivity contribution in [2.24, 2.45) is 29.6 Å². The van der Waals surface area contributed by atoms with Gasteiger partial charge < -0.3 is 29.7 Å². The van der Waals surface area contributed by atoms with Gasteiger partial charge in [-0.1, -0.05) is 32.1 Å². The summed E-state index contributed by atoms with van der Waals surface area (Å²) in [4.78, 5) is 29.4. The zero-order chi connectivity index (χ0) is 27.8. The minimum Gasteiger partial charge on any atom is -0.379 e. The van der Waals surface area contributed by atoms with Crippen molar-refractivity contribution >= 4 is 11.8 Å². The molecule has 0 spiro atoms. The molecular formula is C32H54N3O5+. The maximum atomic E-state index is 14.2. The number of fused-ring (bicyclic) bond motifs is 5. The fraction of sp³-hybridized carbons (Fsp3) is 0.938. The Hall–Kier alpha value is -1.22. The van der Waals surface area contributed by atoms with E-state index in [-0.39, 0.29) is 30.1 Å². The van der Waals surface area contributed by atoms with E-state index in [2.05, 4.69) is 15.5 Å². The number of rotatable bonds is 9. The molecule has 8 heteroatoms. The van der Waals surface area contributed by atoms with Gasteiger partial charge in [0.1, 0.15) is 12.1 Å². The average Bonchev–Trinajstić information content (AvgIpc) is 3.32. The highest BCUT2D eigenvalue weighted by Crippen LogP contribution is 2.53. The van der Waals surface area contributed by atoms with E-state index in [1.54, 1.807) is 14.2 Å². The van der Waals surface area contributed by atoms with Crippen LogP contribution in [-0.4, -0.2) is 86.6 Å². The number of ether oxygens (including phenoxy) is 3. The number of hydrogen-bond donors (Lipinski definition) is 2. The van der Waals surface area contributed by atoms with Gasteiger partial charge >= 0.3 is 0 Å². The molecule has 10 unspecified atom stereocenters. The van der Waals surface area contributed by atoms with E-state index >= 15 is 0 Å². The molecule has 3 aliphatic heterocycles. The second kappa shape index (κ2) is 12.6. The molecule has 8 nitrogen and oxygen atoms in total. The molecular weight excluding hydrogens is 506 g/mol. The van der Waals surface area contributed by atoms with Crippen LogP contribution in [0, 0.1) is 29.6 Å². The summed E-state index contributed by atoms with van der Waals surface area (Å²) in [6.45, 7) is 3.81. The lowest BCUT2D eigenvalue weighted by Gasteiger charge is -2.53. The molecule has 226 valence electrons. The summed E-state index contributed by atoms with van der Waals surface area (Å²) in [5, 5.41) is 5.69. The Labute approximate surface area is 241 Å². The molecule has 2 amide bonds. The molecule has 0 aromatic heterocycles.